The maximum atomic E-state index is 12.5. The van der Waals surface area contributed by atoms with E-state index < -0.39 is 5.97 Å². The maximum Gasteiger partial charge on any atom is 0.410 e. The van der Waals surface area contributed by atoms with Gasteiger partial charge < -0.3 is 14.4 Å². The number of amides is 1. The molecule has 2 aromatic rings. The van der Waals surface area contributed by atoms with Crippen molar-refractivity contribution in [2.45, 2.75) is 40.7 Å². The number of rotatable bonds is 5. The summed E-state index contributed by atoms with van der Waals surface area (Å²) in [5.74, 6) is -0.203. The van der Waals surface area contributed by atoms with E-state index in [1.165, 1.54) is 0 Å². The first-order valence-corrected chi connectivity index (χ1v) is 9.67. The van der Waals surface area contributed by atoms with Gasteiger partial charge in [-0.2, -0.15) is 5.10 Å². The third kappa shape index (κ3) is 4.18. The number of aromatic nitrogens is 2. The van der Waals surface area contributed by atoms with Crippen LogP contribution in [-0.4, -0.2) is 46.5 Å². The van der Waals surface area contributed by atoms with Gasteiger partial charge in [-0.3, -0.25) is 0 Å². The Labute approximate surface area is 165 Å². The summed E-state index contributed by atoms with van der Waals surface area (Å²) in [4.78, 5) is 26.5. The largest absolute Gasteiger partial charge is 0.461 e. The van der Waals surface area contributed by atoms with Gasteiger partial charge in [-0.25, -0.2) is 14.3 Å². The fourth-order valence-electron chi connectivity index (χ4n) is 3.17. The van der Waals surface area contributed by atoms with Crippen molar-refractivity contribution in [2.75, 3.05) is 19.8 Å². The van der Waals surface area contributed by atoms with Crippen LogP contribution in [0, 0.1) is 12.8 Å². The monoisotopic (exact) mass is 385 g/mol. The maximum absolute atomic E-state index is 12.5. The van der Waals surface area contributed by atoms with Crippen LogP contribution < -0.4 is 0 Å². The molecule has 28 heavy (non-hydrogen) atoms. The second kappa shape index (κ2) is 8.46. The van der Waals surface area contributed by atoms with Crippen LogP contribution in [0.5, 0.6) is 0 Å². The number of hydrogen-bond acceptors (Lipinski definition) is 5. The molecule has 7 heteroatoms. The second-order valence-corrected chi connectivity index (χ2v) is 7.38. The molecule has 0 atom stereocenters. The molecule has 0 unspecified atom stereocenters. The number of benzene rings is 1. The lowest BCUT2D eigenvalue weighted by Crippen LogP contribution is -2.37. The zero-order valence-electron chi connectivity index (χ0n) is 16.9. The zero-order valence-corrected chi connectivity index (χ0v) is 16.9. The molecular weight excluding hydrogens is 358 g/mol. The summed E-state index contributed by atoms with van der Waals surface area (Å²) in [5, 5.41) is 4.54. The molecule has 1 aromatic carbocycles. The molecule has 0 saturated carbocycles. The lowest BCUT2D eigenvalue weighted by molar-refractivity contribution is 0.0513. The second-order valence-electron chi connectivity index (χ2n) is 7.38. The number of esters is 1. The molecule has 3 rings (SSSR count). The van der Waals surface area contributed by atoms with Gasteiger partial charge >= 0.3 is 12.1 Å². The first kappa shape index (κ1) is 19.9. The van der Waals surface area contributed by atoms with Gasteiger partial charge in [0.15, 0.2) is 5.69 Å². The fourth-order valence-corrected chi connectivity index (χ4v) is 3.17. The van der Waals surface area contributed by atoms with Crippen LogP contribution in [0.4, 0.5) is 4.79 Å². The number of fused-ring (bicyclic) bond motifs is 1. The number of carbonyl (C=O) groups is 2. The Morgan fingerprint density at radius 1 is 1.18 bits per heavy atom. The fraction of sp³-hybridized carbons (Fsp3) is 0.476. The van der Waals surface area contributed by atoms with Crippen LogP contribution in [-0.2, 0) is 22.4 Å². The molecule has 0 bridgehead atoms. The minimum atomic E-state index is -0.470. The summed E-state index contributed by atoms with van der Waals surface area (Å²) in [6.07, 6.45) is 0.226. The molecule has 0 spiro atoms. The topological polar surface area (TPSA) is 73.7 Å². The molecule has 0 fully saturated rings. The van der Waals surface area contributed by atoms with Crippen LogP contribution in [0.2, 0.25) is 0 Å². The Morgan fingerprint density at radius 3 is 2.54 bits per heavy atom. The molecule has 1 aliphatic rings. The molecule has 1 aliphatic heterocycles. The van der Waals surface area contributed by atoms with Crippen molar-refractivity contribution in [1.82, 2.24) is 14.7 Å². The van der Waals surface area contributed by atoms with E-state index in [4.69, 9.17) is 9.47 Å². The van der Waals surface area contributed by atoms with E-state index >= 15 is 0 Å². The summed E-state index contributed by atoms with van der Waals surface area (Å²) in [6.45, 7) is 9.21. The predicted molar refractivity (Wildman–Crippen MR) is 105 cm³/mol. The van der Waals surface area contributed by atoms with Crippen molar-refractivity contribution in [2.24, 2.45) is 5.92 Å². The van der Waals surface area contributed by atoms with E-state index in [1.54, 1.807) is 16.5 Å². The van der Waals surface area contributed by atoms with Crippen molar-refractivity contribution in [3.8, 4) is 5.69 Å². The zero-order chi connectivity index (χ0) is 20.3. The predicted octanol–water partition coefficient (Wildman–Crippen LogP) is 3.51. The molecule has 150 valence electrons. The smallest absolute Gasteiger partial charge is 0.410 e. The average molecular weight is 385 g/mol. The average Bonchev–Trinajstić information content (AvgIpc) is 3.06. The highest BCUT2D eigenvalue weighted by Crippen LogP contribution is 2.26. The van der Waals surface area contributed by atoms with E-state index in [0.29, 0.717) is 19.6 Å². The molecule has 7 nitrogen and oxygen atoms in total. The van der Waals surface area contributed by atoms with Gasteiger partial charge in [0.05, 0.1) is 31.1 Å². The first-order chi connectivity index (χ1) is 13.4. The van der Waals surface area contributed by atoms with Gasteiger partial charge in [-0.15, -0.1) is 0 Å². The highest BCUT2D eigenvalue weighted by Gasteiger charge is 2.31. The van der Waals surface area contributed by atoms with E-state index in [9.17, 15) is 9.59 Å². The van der Waals surface area contributed by atoms with Crippen LogP contribution in [0.3, 0.4) is 0 Å². The van der Waals surface area contributed by atoms with E-state index in [-0.39, 0.29) is 30.9 Å². The van der Waals surface area contributed by atoms with Crippen molar-refractivity contribution >= 4 is 12.1 Å². The van der Waals surface area contributed by atoms with Gasteiger partial charge in [-0.05, 0) is 31.9 Å². The molecule has 2 heterocycles. The van der Waals surface area contributed by atoms with Gasteiger partial charge in [0.2, 0.25) is 0 Å². The highest BCUT2D eigenvalue weighted by atomic mass is 16.6. The SMILES string of the molecule is CCOC(=O)c1nn(-c2ccc(C)cc2)c2c1CN(C(=O)OCC(C)C)CC2. The molecule has 1 aromatic heterocycles. The summed E-state index contributed by atoms with van der Waals surface area (Å²) in [5.41, 5.74) is 3.95. The minimum Gasteiger partial charge on any atom is -0.461 e. The van der Waals surface area contributed by atoms with Crippen LogP contribution >= 0.6 is 0 Å². The molecule has 0 N–H and O–H groups in total. The van der Waals surface area contributed by atoms with Crippen LogP contribution in [0.25, 0.3) is 5.69 Å². The van der Waals surface area contributed by atoms with Crippen molar-refractivity contribution < 1.29 is 19.1 Å². The van der Waals surface area contributed by atoms with E-state index in [1.807, 2.05) is 45.0 Å². The normalized spacial score (nSPS) is 13.4. The number of aryl methyl sites for hydroxylation is 1. The van der Waals surface area contributed by atoms with Gasteiger partial charge in [0, 0.05) is 18.5 Å². The Hall–Kier alpha value is -2.83. The third-order valence-corrected chi connectivity index (χ3v) is 4.60. The number of ether oxygens (including phenoxy) is 2. The molecule has 0 aliphatic carbocycles. The molecule has 1 amide bonds. The van der Waals surface area contributed by atoms with Crippen molar-refractivity contribution in [3.05, 3.63) is 46.8 Å². The Morgan fingerprint density at radius 2 is 1.89 bits per heavy atom. The Kier molecular flexibility index (Phi) is 6.02. The number of hydrogen-bond donors (Lipinski definition) is 0. The Bertz CT molecular complexity index is 855. The standard InChI is InChI=1S/C21H27N3O4/c1-5-27-20(25)19-17-12-23(21(26)28-13-14(2)3)11-10-18(17)24(22-19)16-8-6-15(4)7-9-16/h6-9,14H,5,10-13H2,1-4H3. The highest BCUT2D eigenvalue weighted by molar-refractivity contribution is 5.89. The van der Waals surface area contributed by atoms with Crippen LogP contribution in [0.15, 0.2) is 24.3 Å². The summed E-state index contributed by atoms with van der Waals surface area (Å²) >= 11 is 0. The summed E-state index contributed by atoms with van der Waals surface area (Å²) in [7, 11) is 0. The minimum absolute atomic E-state index is 0.263. The van der Waals surface area contributed by atoms with Crippen molar-refractivity contribution in [1.29, 1.82) is 0 Å². The lowest BCUT2D eigenvalue weighted by atomic mass is 10.1. The Balaban J connectivity index is 1.93. The number of nitrogens with zero attached hydrogens (tertiary/aromatic N) is 3. The molecule has 0 radical (unpaired) electrons. The molecule has 0 saturated heterocycles. The lowest BCUT2D eigenvalue weighted by Gasteiger charge is -2.27. The van der Waals surface area contributed by atoms with Crippen molar-refractivity contribution in [3.63, 3.8) is 0 Å². The van der Waals surface area contributed by atoms with Gasteiger partial charge in [-0.1, -0.05) is 31.5 Å². The van der Waals surface area contributed by atoms with Gasteiger partial charge in [0.1, 0.15) is 0 Å². The van der Waals surface area contributed by atoms with E-state index in [2.05, 4.69) is 5.10 Å². The quantitative estimate of drug-likeness (QED) is 0.737. The summed E-state index contributed by atoms with van der Waals surface area (Å²) < 4.78 is 12.3. The molecular formula is C21H27N3O4. The number of carbonyl (C=O) groups excluding carboxylic acids is 2. The first-order valence-electron chi connectivity index (χ1n) is 9.67. The summed E-state index contributed by atoms with van der Waals surface area (Å²) in [6, 6.07) is 7.96. The van der Waals surface area contributed by atoms with Gasteiger partial charge in [0.25, 0.3) is 0 Å². The van der Waals surface area contributed by atoms with E-state index in [0.717, 1.165) is 22.5 Å². The van der Waals surface area contributed by atoms with Crippen LogP contribution in [0.1, 0.15) is 48.1 Å². The third-order valence-electron chi connectivity index (χ3n) is 4.60.